The van der Waals surface area contributed by atoms with Gasteiger partial charge in [-0.15, -0.1) is 0 Å². The van der Waals surface area contributed by atoms with Crippen LogP contribution in [0.4, 0.5) is 0 Å². The van der Waals surface area contributed by atoms with Gasteiger partial charge >= 0.3 is 0 Å². The standard InChI is InChI=1S/C25H32O6Si/c1-25(31-4)9-8-14-13(12-25)10-15-18(21(14)27)24(30-3)19-16(26)11-17(32(5,6)7)22(28)20(19)23(15)29-2/h11,13-14H,8-10,12H2,1-7H3/t13-,14-,25+/m1/s1. The third-order valence-electron chi connectivity index (χ3n) is 7.51. The lowest BCUT2D eigenvalue weighted by Gasteiger charge is -2.44. The van der Waals surface area contributed by atoms with E-state index in [4.69, 9.17) is 14.2 Å². The summed E-state index contributed by atoms with van der Waals surface area (Å²) in [4.78, 5) is 40.6. The zero-order chi connectivity index (χ0) is 23.6. The molecular formula is C25H32O6Si. The summed E-state index contributed by atoms with van der Waals surface area (Å²) in [5, 5.41) is 0.569. The molecule has 1 fully saturated rings. The molecule has 4 rings (SSSR count). The van der Waals surface area contributed by atoms with Crippen molar-refractivity contribution in [2.45, 2.75) is 57.8 Å². The summed E-state index contributed by atoms with van der Waals surface area (Å²) in [5.41, 5.74) is 1.25. The maximum atomic E-state index is 13.7. The number of ether oxygens (including phenoxy) is 3. The van der Waals surface area contributed by atoms with E-state index in [2.05, 4.69) is 6.92 Å². The van der Waals surface area contributed by atoms with Crippen LogP contribution < -0.4 is 9.47 Å². The smallest absolute Gasteiger partial charge is 0.190 e. The average Bonchev–Trinajstić information content (AvgIpc) is 2.73. The lowest BCUT2D eigenvalue weighted by atomic mass is 9.63. The normalized spacial score (nSPS) is 27.3. The molecule has 3 aliphatic rings. The molecule has 32 heavy (non-hydrogen) atoms. The number of fused-ring (bicyclic) bond motifs is 3. The Hall–Kier alpha value is -2.25. The van der Waals surface area contributed by atoms with Crippen LogP contribution in [0.2, 0.25) is 19.6 Å². The topological polar surface area (TPSA) is 78.9 Å². The van der Waals surface area contributed by atoms with E-state index in [1.54, 1.807) is 7.11 Å². The molecule has 0 unspecified atom stereocenters. The second kappa shape index (κ2) is 7.66. The Morgan fingerprint density at radius 3 is 2.19 bits per heavy atom. The number of carbonyl (C=O) groups is 3. The number of methoxy groups -OCH3 is 3. The molecule has 0 N–H and O–H groups in total. The number of Topliss-reactive ketones (excluding diaryl/α,β-unsaturated/α-hetero) is 2. The second-order valence-corrected chi connectivity index (χ2v) is 15.5. The highest BCUT2D eigenvalue weighted by molar-refractivity contribution is 6.88. The molecular weight excluding hydrogens is 424 g/mol. The van der Waals surface area contributed by atoms with Gasteiger partial charge in [0.25, 0.3) is 0 Å². The van der Waals surface area contributed by atoms with Crippen molar-refractivity contribution in [3.05, 3.63) is 33.5 Å². The highest BCUT2D eigenvalue weighted by Crippen LogP contribution is 2.51. The van der Waals surface area contributed by atoms with Gasteiger partial charge in [-0.1, -0.05) is 19.6 Å². The minimum absolute atomic E-state index is 0.0208. The van der Waals surface area contributed by atoms with Gasteiger partial charge in [0.15, 0.2) is 17.3 Å². The van der Waals surface area contributed by atoms with Crippen LogP contribution in [0.25, 0.3) is 0 Å². The molecule has 172 valence electrons. The van der Waals surface area contributed by atoms with Gasteiger partial charge in [-0.05, 0) is 49.8 Å². The first-order valence-electron chi connectivity index (χ1n) is 11.2. The predicted octanol–water partition coefficient (Wildman–Crippen LogP) is 4.45. The molecule has 0 amide bonds. The van der Waals surface area contributed by atoms with Crippen LogP contribution in [0.5, 0.6) is 11.5 Å². The Bertz CT molecular complexity index is 1060. The molecule has 0 radical (unpaired) electrons. The number of ketones is 3. The summed E-state index contributed by atoms with van der Waals surface area (Å²) >= 11 is 0. The molecule has 0 heterocycles. The summed E-state index contributed by atoms with van der Waals surface area (Å²) < 4.78 is 17.2. The molecule has 7 heteroatoms. The maximum Gasteiger partial charge on any atom is 0.190 e. The van der Waals surface area contributed by atoms with Gasteiger partial charge < -0.3 is 14.2 Å². The van der Waals surface area contributed by atoms with Crippen molar-refractivity contribution in [1.29, 1.82) is 0 Å². The van der Waals surface area contributed by atoms with E-state index in [0.717, 1.165) is 19.3 Å². The Labute approximate surface area is 190 Å². The highest BCUT2D eigenvalue weighted by Gasteiger charge is 2.49. The van der Waals surface area contributed by atoms with Crippen LogP contribution in [0.1, 0.15) is 62.8 Å². The van der Waals surface area contributed by atoms with Crippen molar-refractivity contribution in [2.24, 2.45) is 11.8 Å². The minimum atomic E-state index is -2.08. The van der Waals surface area contributed by atoms with Gasteiger partial charge in [-0.2, -0.15) is 0 Å². The summed E-state index contributed by atoms with van der Waals surface area (Å²) in [7, 11) is 2.59. The summed E-state index contributed by atoms with van der Waals surface area (Å²) in [6, 6.07) is 0. The van der Waals surface area contributed by atoms with Crippen LogP contribution in [-0.4, -0.2) is 52.4 Å². The van der Waals surface area contributed by atoms with Crippen molar-refractivity contribution < 1.29 is 28.6 Å². The summed E-state index contributed by atoms with van der Waals surface area (Å²) in [6.45, 7) is 8.21. The van der Waals surface area contributed by atoms with Crippen molar-refractivity contribution in [1.82, 2.24) is 0 Å². The fourth-order valence-electron chi connectivity index (χ4n) is 5.74. The quantitative estimate of drug-likeness (QED) is 0.623. The fourth-order valence-corrected chi connectivity index (χ4v) is 7.11. The number of carbonyl (C=O) groups excluding carboxylic acids is 3. The van der Waals surface area contributed by atoms with Gasteiger partial charge in [0.05, 0.1) is 44.6 Å². The molecule has 0 bridgehead atoms. The molecule has 1 saturated carbocycles. The first kappa shape index (κ1) is 22.9. The van der Waals surface area contributed by atoms with Crippen molar-refractivity contribution >= 4 is 25.4 Å². The molecule has 0 aliphatic heterocycles. The molecule has 3 aliphatic carbocycles. The summed E-state index contributed by atoms with van der Waals surface area (Å²) in [5.74, 6) is 0.0272. The van der Waals surface area contributed by atoms with Crippen LogP contribution in [0.15, 0.2) is 11.3 Å². The number of hydrogen-bond acceptors (Lipinski definition) is 6. The van der Waals surface area contributed by atoms with E-state index < -0.39 is 8.07 Å². The van der Waals surface area contributed by atoms with E-state index in [1.807, 2.05) is 19.6 Å². The molecule has 1 aromatic rings. The average molecular weight is 457 g/mol. The molecule has 3 atom stereocenters. The molecule has 1 aromatic carbocycles. The third kappa shape index (κ3) is 3.28. The SMILES string of the molecule is COc1c2c(c(OC)c3c1C(=O)C([Si](C)(C)C)=CC3=O)C(=O)[C@@H]1CC[C@](C)(OC)C[C@H]1C2. The minimum Gasteiger partial charge on any atom is -0.496 e. The second-order valence-electron chi connectivity index (χ2n) is 10.5. The monoisotopic (exact) mass is 456 g/mol. The molecule has 6 nitrogen and oxygen atoms in total. The highest BCUT2D eigenvalue weighted by atomic mass is 28.3. The molecule has 0 saturated heterocycles. The Balaban J connectivity index is 1.97. The zero-order valence-electron chi connectivity index (χ0n) is 20.0. The first-order valence-corrected chi connectivity index (χ1v) is 14.7. The number of benzene rings is 1. The van der Waals surface area contributed by atoms with Gasteiger partial charge in [-0.3, -0.25) is 14.4 Å². The Kier molecular flexibility index (Phi) is 5.49. The van der Waals surface area contributed by atoms with E-state index in [-0.39, 0.29) is 51.7 Å². The van der Waals surface area contributed by atoms with Gasteiger partial charge in [-0.25, -0.2) is 0 Å². The van der Waals surface area contributed by atoms with Crippen LogP contribution in [0, 0.1) is 11.8 Å². The lowest BCUT2D eigenvalue weighted by molar-refractivity contribution is -0.0519. The number of hydrogen-bond donors (Lipinski definition) is 0. The van der Waals surface area contributed by atoms with E-state index >= 15 is 0 Å². The first-order chi connectivity index (χ1) is 15.0. The van der Waals surface area contributed by atoms with Crippen molar-refractivity contribution in [3.63, 3.8) is 0 Å². The number of rotatable bonds is 4. The van der Waals surface area contributed by atoms with Gasteiger partial charge in [0.2, 0.25) is 0 Å². The predicted molar refractivity (Wildman–Crippen MR) is 124 cm³/mol. The Morgan fingerprint density at radius 1 is 0.969 bits per heavy atom. The van der Waals surface area contributed by atoms with Crippen LogP contribution in [-0.2, 0) is 11.2 Å². The van der Waals surface area contributed by atoms with E-state index in [1.165, 1.54) is 20.3 Å². The number of allylic oxidation sites excluding steroid dienone is 2. The molecule has 0 aromatic heterocycles. The van der Waals surface area contributed by atoms with Crippen molar-refractivity contribution in [2.75, 3.05) is 21.3 Å². The lowest BCUT2D eigenvalue weighted by Crippen LogP contribution is -2.44. The largest absolute Gasteiger partial charge is 0.496 e. The maximum absolute atomic E-state index is 13.7. The zero-order valence-corrected chi connectivity index (χ0v) is 21.0. The summed E-state index contributed by atoms with van der Waals surface area (Å²) in [6.07, 6.45) is 4.32. The van der Waals surface area contributed by atoms with Crippen molar-refractivity contribution in [3.8, 4) is 11.5 Å². The van der Waals surface area contributed by atoms with E-state index in [0.29, 0.717) is 28.5 Å². The van der Waals surface area contributed by atoms with Gasteiger partial charge in [0.1, 0.15) is 11.5 Å². The molecule has 0 spiro atoms. The Morgan fingerprint density at radius 2 is 1.62 bits per heavy atom. The van der Waals surface area contributed by atoms with E-state index in [9.17, 15) is 14.4 Å². The fraction of sp³-hybridized carbons (Fsp3) is 0.560. The third-order valence-corrected chi connectivity index (χ3v) is 9.49. The van der Waals surface area contributed by atoms with Crippen LogP contribution in [0.3, 0.4) is 0 Å². The van der Waals surface area contributed by atoms with Crippen LogP contribution >= 0.6 is 0 Å². The van der Waals surface area contributed by atoms with Gasteiger partial charge in [0, 0.05) is 18.6 Å².